The van der Waals surface area contributed by atoms with Gasteiger partial charge in [-0.05, 0) is 36.1 Å². The first-order valence-corrected chi connectivity index (χ1v) is 7.43. The van der Waals surface area contributed by atoms with Crippen molar-refractivity contribution in [3.8, 4) is 0 Å². The summed E-state index contributed by atoms with van der Waals surface area (Å²) in [5.41, 5.74) is 2.17. The maximum Gasteiger partial charge on any atom is 0.0804 e. The molecule has 1 atom stereocenters. The fraction of sp³-hybridized carbons (Fsp3) is 0.200. The first kappa shape index (κ1) is 13.8. The van der Waals surface area contributed by atoms with Crippen molar-refractivity contribution >= 4 is 31.9 Å². The Morgan fingerprint density at radius 1 is 0.889 bits per heavy atom. The van der Waals surface area contributed by atoms with Gasteiger partial charge in [-0.25, -0.2) is 0 Å². The van der Waals surface area contributed by atoms with Crippen LogP contribution in [0.15, 0.2) is 57.5 Å². The average molecular weight is 370 g/mol. The van der Waals surface area contributed by atoms with E-state index in [-0.39, 0.29) is 0 Å². The quantitative estimate of drug-likeness (QED) is 0.814. The fourth-order valence-corrected chi connectivity index (χ4v) is 2.93. The largest absolute Gasteiger partial charge is 0.388 e. The minimum absolute atomic E-state index is 0.437. The van der Waals surface area contributed by atoms with E-state index in [4.69, 9.17) is 0 Å². The van der Waals surface area contributed by atoms with Gasteiger partial charge in [0, 0.05) is 8.95 Å². The van der Waals surface area contributed by atoms with Gasteiger partial charge in [0.25, 0.3) is 0 Å². The molecule has 0 aliphatic heterocycles. The van der Waals surface area contributed by atoms with E-state index >= 15 is 0 Å². The second kappa shape index (κ2) is 6.50. The molecule has 94 valence electrons. The molecule has 0 radical (unpaired) electrons. The lowest BCUT2D eigenvalue weighted by Gasteiger charge is -2.13. The Labute approximate surface area is 124 Å². The number of aliphatic hydroxyl groups is 1. The molecule has 0 aliphatic carbocycles. The lowest BCUT2D eigenvalue weighted by atomic mass is 10.0. The number of hydrogen-bond donors (Lipinski definition) is 1. The molecule has 0 saturated carbocycles. The second-order valence-electron chi connectivity index (χ2n) is 4.17. The van der Waals surface area contributed by atoms with Gasteiger partial charge in [0.15, 0.2) is 0 Å². The highest BCUT2D eigenvalue weighted by Gasteiger charge is 2.11. The van der Waals surface area contributed by atoms with Crippen molar-refractivity contribution < 1.29 is 5.11 Å². The van der Waals surface area contributed by atoms with Crippen LogP contribution in [0.3, 0.4) is 0 Å². The van der Waals surface area contributed by atoms with Crippen LogP contribution in [0.4, 0.5) is 0 Å². The minimum Gasteiger partial charge on any atom is -0.388 e. The van der Waals surface area contributed by atoms with Gasteiger partial charge < -0.3 is 5.11 Å². The molecule has 2 rings (SSSR count). The molecule has 2 aromatic carbocycles. The number of benzene rings is 2. The van der Waals surface area contributed by atoms with Crippen molar-refractivity contribution in [3.63, 3.8) is 0 Å². The molecule has 0 spiro atoms. The summed E-state index contributed by atoms with van der Waals surface area (Å²) in [5.74, 6) is 0. The van der Waals surface area contributed by atoms with Crippen molar-refractivity contribution in [2.45, 2.75) is 18.9 Å². The zero-order valence-corrected chi connectivity index (χ0v) is 13.0. The standard InChI is InChI=1S/C15H14Br2O/c16-13-7-3-1-5-11(13)9-10-15(18)12-6-2-4-8-14(12)17/h1-8,15,18H,9-10H2. The van der Waals surface area contributed by atoms with Crippen LogP contribution in [0.1, 0.15) is 23.7 Å². The van der Waals surface area contributed by atoms with Crippen molar-refractivity contribution in [3.05, 3.63) is 68.6 Å². The summed E-state index contributed by atoms with van der Waals surface area (Å²) in [7, 11) is 0. The van der Waals surface area contributed by atoms with E-state index in [9.17, 15) is 5.11 Å². The van der Waals surface area contributed by atoms with Crippen molar-refractivity contribution in [1.82, 2.24) is 0 Å². The Kier molecular flexibility index (Phi) is 4.98. The number of rotatable bonds is 4. The summed E-state index contributed by atoms with van der Waals surface area (Å²) >= 11 is 6.99. The Morgan fingerprint density at radius 2 is 1.50 bits per heavy atom. The Bertz CT molecular complexity index is 525. The van der Waals surface area contributed by atoms with Crippen molar-refractivity contribution in [2.75, 3.05) is 0 Å². The van der Waals surface area contributed by atoms with Crippen molar-refractivity contribution in [2.24, 2.45) is 0 Å². The Morgan fingerprint density at radius 3 is 2.17 bits per heavy atom. The first-order chi connectivity index (χ1) is 8.68. The molecule has 2 aromatic rings. The van der Waals surface area contributed by atoms with Crippen LogP contribution in [-0.2, 0) is 6.42 Å². The summed E-state index contributed by atoms with van der Waals surface area (Å²) in [6.07, 6.45) is 1.13. The van der Waals surface area contributed by atoms with Crippen LogP contribution < -0.4 is 0 Å². The molecule has 0 amide bonds. The first-order valence-electron chi connectivity index (χ1n) is 5.84. The summed E-state index contributed by atoms with van der Waals surface area (Å²) in [4.78, 5) is 0. The Hall–Kier alpha value is -0.640. The number of aliphatic hydroxyl groups excluding tert-OH is 1. The maximum atomic E-state index is 10.2. The van der Waals surface area contributed by atoms with E-state index in [0.29, 0.717) is 6.42 Å². The molecule has 0 aromatic heterocycles. The summed E-state index contributed by atoms with van der Waals surface area (Å²) in [6, 6.07) is 15.9. The van der Waals surface area contributed by atoms with Gasteiger partial charge in [0.2, 0.25) is 0 Å². The van der Waals surface area contributed by atoms with E-state index in [0.717, 1.165) is 20.9 Å². The SMILES string of the molecule is OC(CCc1ccccc1Br)c1ccccc1Br. The zero-order valence-electron chi connectivity index (χ0n) is 9.81. The van der Waals surface area contributed by atoms with E-state index in [2.05, 4.69) is 37.9 Å². The van der Waals surface area contributed by atoms with Crippen molar-refractivity contribution in [1.29, 1.82) is 0 Å². The van der Waals surface area contributed by atoms with E-state index in [1.807, 2.05) is 42.5 Å². The molecule has 1 nitrogen and oxygen atoms in total. The van der Waals surface area contributed by atoms with Crippen LogP contribution in [0.5, 0.6) is 0 Å². The lowest BCUT2D eigenvalue weighted by Crippen LogP contribution is -2.00. The zero-order chi connectivity index (χ0) is 13.0. The predicted molar refractivity (Wildman–Crippen MR) is 81.6 cm³/mol. The van der Waals surface area contributed by atoms with Gasteiger partial charge in [0.05, 0.1) is 6.10 Å². The molecule has 0 aliphatic rings. The molecular formula is C15H14Br2O. The number of hydrogen-bond acceptors (Lipinski definition) is 1. The van der Waals surface area contributed by atoms with E-state index in [1.54, 1.807) is 0 Å². The molecular weight excluding hydrogens is 356 g/mol. The molecule has 18 heavy (non-hydrogen) atoms. The highest BCUT2D eigenvalue weighted by atomic mass is 79.9. The van der Waals surface area contributed by atoms with Crippen LogP contribution in [0, 0.1) is 0 Å². The minimum atomic E-state index is -0.437. The van der Waals surface area contributed by atoms with E-state index in [1.165, 1.54) is 5.56 Å². The molecule has 3 heteroatoms. The third-order valence-electron chi connectivity index (χ3n) is 2.91. The van der Waals surface area contributed by atoms with Gasteiger partial charge in [-0.3, -0.25) is 0 Å². The topological polar surface area (TPSA) is 20.2 Å². The van der Waals surface area contributed by atoms with Gasteiger partial charge in [0.1, 0.15) is 0 Å². The smallest absolute Gasteiger partial charge is 0.0804 e. The van der Waals surface area contributed by atoms with Gasteiger partial charge >= 0.3 is 0 Å². The third kappa shape index (κ3) is 3.44. The van der Waals surface area contributed by atoms with Gasteiger partial charge in [-0.1, -0.05) is 68.3 Å². The van der Waals surface area contributed by atoms with Crippen LogP contribution in [0.2, 0.25) is 0 Å². The third-order valence-corrected chi connectivity index (χ3v) is 4.40. The van der Waals surface area contributed by atoms with Gasteiger partial charge in [-0.2, -0.15) is 0 Å². The van der Waals surface area contributed by atoms with Gasteiger partial charge in [-0.15, -0.1) is 0 Å². The molecule has 1 unspecified atom stereocenters. The molecule has 0 heterocycles. The van der Waals surface area contributed by atoms with Crippen LogP contribution in [0.25, 0.3) is 0 Å². The normalized spacial score (nSPS) is 12.4. The second-order valence-corrected chi connectivity index (χ2v) is 5.88. The summed E-state index contributed by atoms with van der Waals surface area (Å²) in [6.45, 7) is 0. The van der Waals surface area contributed by atoms with Crippen LogP contribution in [-0.4, -0.2) is 5.11 Å². The monoisotopic (exact) mass is 368 g/mol. The van der Waals surface area contributed by atoms with Crippen LogP contribution >= 0.6 is 31.9 Å². The molecule has 0 saturated heterocycles. The average Bonchev–Trinajstić information content (AvgIpc) is 2.38. The molecule has 1 N–H and O–H groups in total. The van der Waals surface area contributed by atoms with E-state index < -0.39 is 6.10 Å². The Balaban J connectivity index is 2.03. The summed E-state index contributed by atoms with van der Waals surface area (Å²) < 4.78 is 2.06. The predicted octanol–water partition coefficient (Wildman–Crippen LogP) is 4.88. The lowest BCUT2D eigenvalue weighted by molar-refractivity contribution is 0.167. The highest BCUT2D eigenvalue weighted by Crippen LogP contribution is 2.27. The molecule has 0 bridgehead atoms. The number of aryl methyl sites for hydroxylation is 1. The molecule has 0 fully saturated rings. The summed E-state index contributed by atoms with van der Waals surface area (Å²) in [5, 5.41) is 10.2. The highest BCUT2D eigenvalue weighted by molar-refractivity contribution is 9.10. The number of halogens is 2. The fourth-order valence-electron chi connectivity index (χ4n) is 1.89. The maximum absolute atomic E-state index is 10.2.